The molecule has 0 radical (unpaired) electrons. The van der Waals surface area contributed by atoms with Crippen molar-refractivity contribution in [2.75, 3.05) is 27.2 Å². The van der Waals surface area contributed by atoms with Gasteiger partial charge >= 0.3 is 0 Å². The molecule has 1 atom stereocenters. The number of sulfonamides is 1. The molecule has 1 N–H and O–H groups in total. The van der Waals surface area contributed by atoms with Crippen molar-refractivity contribution in [3.05, 3.63) is 60.2 Å². The fraction of sp³-hybridized carbons (Fsp3) is 0.333. The molecular formula is C18H24N2O3S. The van der Waals surface area contributed by atoms with Crippen molar-refractivity contribution < 1.29 is 13.2 Å². The minimum Gasteiger partial charge on any atom is -0.494 e. The molecule has 0 aliphatic rings. The number of nitrogens with one attached hydrogen (secondary N) is 1. The van der Waals surface area contributed by atoms with Crippen LogP contribution in [0.5, 0.6) is 5.75 Å². The average molecular weight is 348 g/mol. The molecule has 0 spiro atoms. The summed E-state index contributed by atoms with van der Waals surface area (Å²) in [6, 6.07) is 16.1. The fourth-order valence-corrected chi connectivity index (χ4v) is 3.48. The molecule has 5 nitrogen and oxygen atoms in total. The van der Waals surface area contributed by atoms with Crippen LogP contribution in [0.15, 0.2) is 59.5 Å². The highest BCUT2D eigenvalue weighted by Gasteiger charge is 2.19. The van der Waals surface area contributed by atoms with Crippen molar-refractivity contribution in [2.24, 2.45) is 0 Å². The summed E-state index contributed by atoms with van der Waals surface area (Å²) in [6.07, 6.45) is 0. The molecule has 0 fully saturated rings. The summed E-state index contributed by atoms with van der Waals surface area (Å²) >= 11 is 0. The number of hydrogen-bond donors (Lipinski definition) is 1. The third-order valence-corrected chi connectivity index (χ3v) is 5.16. The molecule has 2 aromatic carbocycles. The maximum atomic E-state index is 12.4. The van der Waals surface area contributed by atoms with E-state index in [-0.39, 0.29) is 17.5 Å². The first-order valence-electron chi connectivity index (χ1n) is 7.88. The summed E-state index contributed by atoms with van der Waals surface area (Å²) in [4.78, 5) is 2.26. The van der Waals surface area contributed by atoms with Crippen LogP contribution in [0.25, 0.3) is 0 Å². The van der Waals surface area contributed by atoms with Crippen LogP contribution in [0.3, 0.4) is 0 Å². The minimum absolute atomic E-state index is 0.0702. The SMILES string of the molecule is CCOc1ccc(C(CNS(=O)(=O)c2ccccc2)N(C)C)cc1. The van der Waals surface area contributed by atoms with Crippen molar-refractivity contribution in [1.29, 1.82) is 0 Å². The summed E-state index contributed by atoms with van der Waals surface area (Å²) in [7, 11) is 0.342. The summed E-state index contributed by atoms with van der Waals surface area (Å²) in [5.74, 6) is 0.809. The van der Waals surface area contributed by atoms with Crippen molar-refractivity contribution in [3.63, 3.8) is 0 Å². The highest BCUT2D eigenvalue weighted by molar-refractivity contribution is 7.89. The molecule has 0 heterocycles. The molecule has 0 aliphatic carbocycles. The smallest absolute Gasteiger partial charge is 0.240 e. The Labute approximate surface area is 144 Å². The fourth-order valence-electron chi connectivity index (χ4n) is 2.42. The molecule has 2 aromatic rings. The van der Waals surface area contributed by atoms with Crippen LogP contribution in [-0.4, -0.2) is 40.6 Å². The monoisotopic (exact) mass is 348 g/mol. The van der Waals surface area contributed by atoms with Gasteiger partial charge in [-0.15, -0.1) is 0 Å². The lowest BCUT2D eigenvalue weighted by Gasteiger charge is -2.25. The van der Waals surface area contributed by atoms with Crippen LogP contribution in [-0.2, 0) is 10.0 Å². The second-order valence-electron chi connectivity index (χ2n) is 5.65. The number of rotatable bonds is 8. The molecule has 130 valence electrons. The van der Waals surface area contributed by atoms with E-state index in [9.17, 15) is 8.42 Å². The predicted octanol–water partition coefficient (Wildman–Crippen LogP) is 2.67. The standard InChI is InChI=1S/C18H24N2O3S/c1-4-23-16-12-10-15(11-13-16)18(20(2)3)14-19-24(21,22)17-8-6-5-7-9-17/h5-13,18-19H,4,14H2,1-3H3. The Morgan fingerprint density at radius 3 is 2.21 bits per heavy atom. The van der Waals surface area contributed by atoms with Gasteiger partial charge in [0.15, 0.2) is 0 Å². The first kappa shape index (κ1) is 18.4. The lowest BCUT2D eigenvalue weighted by Crippen LogP contribution is -2.34. The van der Waals surface area contributed by atoms with Gasteiger partial charge in [-0.2, -0.15) is 0 Å². The van der Waals surface area contributed by atoms with Gasteiger partial charge in [-0.05, 0) is 50.8 Å². The first-order valence-corrected chi connectivity index (χ1v) is 9.36. The number of ether oxygens (including phenoxy) is 1. The molecule has 0 aromatic heterocycles. The van der Waals surface area contributed by atoms with E-state index in [1.807, 2.05) is 50.2 Å². The lowest BCUT2D eigenvalue weighted by atomic mass is 10.1. The highest BCUT2D eigenvalue weighted by atomic mass is 32.2. The Kier molecular flexibility index (Phi) is 6.36. The Balaban J connectivity index is 2.11. The van der Waals surface area contributed by atoms with Gasteiger partial charge in [-0.1, -0.05) is 30.3 Å². The summed E-state index contributed by atoms with van der Waals surface area (Å²) in [5.41, 5.74) is 1.03. The third kappa shape index (κ3) is 4.80. The molecule has 2 rings (SSSR count). The minimum atomic E-state index is -3.52. The van der Waals surface area contributed by atoms with Crippen LogP contribution in [0, 0.1) is 0 Å². The molecule has 0 saturated carbocycles. The maximum absolute atomic E-state index is 12.4. The van der Waals surface area contributed by atoms with Crippen LogP contribution in [0.4, 0.5) is 0 Å². The molecule has 0 amide bonds. The van der Waals surface area contributed by atoms with Crippen LogP contribution in [0.1, 0.15) is 18.5 Å². The van der Waals surface area contributed by atoms with Gasteiger partial charge in [-0.3, -0.25) is 0 Å². The lowest BCUT2D eigenvalue weighted by molar-refractivity contribution is 0.298. The van der Waals surface area contributed by atoms with Crippen LogP contribution in [0.2, 0.25) is 0 Å². The zero-order valence-corrected chi connectivity index (χ0v) is 15.1. The highest BCUT2D eigenvalue weighted by Crippen LogP contribution is 2.21. The van der Waals surface area contributed by atoms with Gasteiger partial charge in [0.25, 0.3) is 0 Å². The van der Waals surface area contributed by atoms with Gasteiger partial charge in [0.1, 0.15) is 5.75 Å². The molecular weight excluding hydrogens is 324 g/mol. The zero-order valence-electron chi connectivity index (χ0n) is 14.3. The van der Waals surface area contributed by atoms with E-state index in [1.54, 1.807) is 30.3 Å². The van der Waals surface area contributed by atoms with Crippen molar-refractivity contribution in [2.45, 2.75) is 17.9 Å². The summed E-state index contributed by atoms with van der Waals surface area (Å²) < 4.78 is 32.9. The Morgan fingerprint density at radius 2 is 1.67 bits per heavy atom. The second kappa shape index (κ2) is 8.28. The normalized spacial score (nSPS) is 13.0. The van der Waals surface area contributed by atoms with Crippen molar-refractivity contribution >= 4 is 10.0 Å². The zero-order chi connectivity index (χ0) is 17.6. The maximum Gasteiger partial charge on any atom is 0.240 e. The predicted molar refractivity (Wildman–Crippen MR) is 95.7 cm³/mol. The van der Waals surface area contributed by atoms with Gasteiger partial charge in [-0.25, -0.2) is 13.1 Å². The number of nitrogens with zero attached hydrogens (tertiary/aromatic N) is 1. The Bertz CT molecular complexity index is 729. The van der Waals surface area contributed by atoms with E-state index in [2.05, 4.69) is 4.72 Å². The average Bonchev–Trinajstić information content (AvgIpc) is 2.57. The van der Waals surface area contributed by atoms with Crippen molar-refractivity contribution in [3.8, 4) is 5.75 Å². The number of hydrogen-bond acceptors (Lipinski definition) is 4. The van der Waals surface area contributed by atoms with Gasteiger partial charge in [0.2, 0.25) is 10.0 Å². The van der Waals surface area contributed by atoms with Gasteiger partial charge in [0.05, 0.1) is 11.5 Å². The quantitative estimate of drug-likeness (QED) is 0.797. The van der Waals surface area contributed by atoms with Crippen molar-refractivity contribution in [1.82, 2.24) is 9.62 Å². The summed E-state index contributed by atoms with van der Waals surface area (Å²) in [5, 5.41) is 0. The van der Waals surface area contributed by atoms with E-state index in [1.165, 1.54) is 0 Å². The number of likely N-dealkylation sites (N-methyl/N-ethyl adjacent to an activating group) is 1. The summed E-state index contributed by atoms with van der Waals surface area (Å²) in [6.45, 7) is 2.85. The molecule has 0 saturated heterocycles. The van der Waals surface area contributed by atoms with Gasteiger partial charge < -0.3 is 9.64 Å². The van der Waals surface area contributed by atoms with E-state index >= 15 is 0 Å². The second-order valence-corrected chi connectivity index (χ2v) is 7.41. The van der Waals surface area contributed by atoms with E-state index in [4.69, 9.17) is 4.74 Å². The molecule has 0 aliphatic heterocycles. The number of benzene rings is 2. The van der Waals surface area contributed by atoms with E-state index in [0.29, 0.717) is 6.61 Å². The third-order valence-electron chi connectivity index (χ3n) is 3.72. The topological polar surface area (TPSA) is 58.6 Å². The molecule has 1 unspecified atom stereocenters. The van der Waals surface area contributed by atoms with Crippen LogP contribution < -0.4 is 9.46 Å². The molecule has 6 heteroatoms. The molecule has 24 heavy (non-hydrogen) atoms. The van der Waals surface area contributed by atoms with Crippen LogP contribution >= 0.6 is 0 Å². The molecule has 0 bridgehead atoms. The van der Waals surface area contributed by atoms with E-state index in [0.717, 1.165) is 11.3 Å². The first-order chi connectivity index (χ1) is 11.4. The van der Waals surface area contributed by atoms with E-state index < -0.39 is 10.0 Å². The largest absolute Gasteiger partial charge is 0.494 e. The Morgan fingerprint density at radius 1 is 1.04 bits per heavy atom. The van der Waals surface area contributed by atoms with Gasteiger partial charge in [0, 0.05) is 12.6 Å². The Hall–Kier alpha value is -1.89.